The first-order valence-electron chi connectivity index (χ1n) is 9.90. The summed E-state index contributed by atoms with van der Waals surface area (Å²) in [6.07, 6.45) is 5.24. The molecule has 0 N–H and O–H groups in total. The fraction of sp³-hybridized carbons (Fsp3) is 0.429. The third-order valence-corrected chi connectivity index (χ3v) is 6.43. The second-order valence-electron chi connectivity index (χ2n) is 7.96. The standard InChI is InChI=1S/C21H19ClFN5O2/c22-18-7-14(1-4-26-18)27-5-2-21(23,3-6-27)20(29)28-12-15-8-17(28)16-11-25-10-13(9-24)19(16)30-15/h1,4,7,10-11,15,17H,2-3,5-6,8,12H2/t15-,17-/m0/s1. The van der Waals surface area contributed by atoms with Gasteiger partial charge < -0.3 is 14.5 Å². The molecule has 0 aromatic carbocycles. The topological polar surface area (TPSA) is 82.3 Å². The smallest absolute Gasteiger partial charge is 0.261 e. The van der Waals surface area contributed by atoms with Crippen LogP contribution in [0.3, 0.4) is 0 Å². The molecule has 2 atom stereocenters. The van der Waals surface area contributed by atoms with Gasteiger partial charge in [0, 0.05) is 62.2 Å². The van der Waals surface area contributed by atoms with Crippen molar-refractivity contribution in [2.45, 2.75) is 37.1 Å². The van der Waals surface area contributed by atoms with Crippen molar-refractivity contribution in [1.29, 1.82) is 5.26 Å². The molecule has 2 fully saturated rings. The second kappa shape index (κ2) is 7.10. The summed E-state index contributed by atoms with van der Waals surface area (Å²) >= 11 is 5.96. The van der Waals surface area contributed by atoms with E-state index in [2.05, 4.69) is 16.0 Å². The highest BCUT2D eigenvalue weighted by Gasteiger charge is 2.51. The van der Waals surface area contributed by atoms with Crippen LogP contribution in [0, 0.1) is 11.3 Å². The number of hydrogen-bond acceptors (Lipinski definition) is 6. The fourth-order valence-electron chi connectivity index (χ4n) is 4.66. The highest BCUT2D eigenvalue weighted by molar-refractivity contribution is 6.29. The van der Waals surface area contributed by atoms with Gasteiger partial charge in [-0.1, -0.05) is 11.6 Å². The van der Waals surface area contributed by atoms with Crippen molar-refractivity contribution in [2.75, 3.05) is 24.5 Å². The van der Waals surface area contributed by atoms with E-state index >= 15 is 4.39 Å². The summed E-state index contributed by atoms with van der Waals surface area (Å²) in [5.74, 6) is -0.0254. The van der Waals surface area contributed by atoms with Crippen LogP contribution in [0.1, 0.15) is 36.4 Å². The SMILES string of the molecule is N#Cc1cncc2c1O[C@H]1C[C@@H]2N(C(=O)C2(F)CCN(c3ccnc(Cl)c3)CC2)C1. The van der Waals surface area contributed by atoms with Crippen molar-refractivity contribution in [3.05, 3.63) is 47.0 Å². The summed E-state index contributed by atoms with van der Waals surface area (Å²) in [6, 6.07) is 5.34. The molecule has 0 saturated carbocycles. The Bertz CT molecular complexity index is 1050. The van der Waals surface area contributed by atoms with Gasteiger partial charge in [0.15, 0.2) is 5.67 Å². The molecule has 3 aliphatic rings. The molecule has 0 unspecified atom stereocenters. The minimum atomic E-state index is -1.93. The van der Waals surface area contributed by atoms with Crippen LogP contribution in [-0.4, -0.2) is 52.2 Å². The van der Waals surface area contributed by atoms with Crippen LogP contribution in [-0.2, 0) is 4.79 Å². The van der Waals surface area contributed by atoms with Crippen LogP contribution in [0.15, 0.2) is 30.7 Å². The summed E-state index contributed by atoms with van der Waals surface area (Å²) in [7, 11) is 0. The number of nitriles is 1. The van der Waals surface area contributed by atoms with Crippen LogP contribution < -0.4 is 9.64 Å². The van der Waals surface area contributed by atoms with Gasteiger partial charge in [0.2, 0.25) is 0 Å². The number of fused-ring (bicyclic) bond motifs is 4. The zero-order chi connectivity index (χ0) is 20.9. The lowest BCUT2D eigenvalue weighted by Gasteiger charge is -2.39. The number of anilines is 1. The van der Waals surface area contributed by atoms with Gasteiger partial charge in [0.05, 0.1) is 12.6 Å². The van der Waals surface area contributed by atoms with Crippen LogP contribution in [0.4, 0.5) is 10.1 Å². The molecule has 2 bridgehead atoms. The summed E-state index contributed by atoms with van der Waals surface area (Å²) in [4.78, 5) is 25.0. The predicted molar refractivity (Wildman–Crippen MR) is 107 cm³/mol. The van der Waals surface area contributed by atoms with E-state index in [1.807, 2.05) is 11.0 Å². The van der Waals surface area contributed by atoms with Crippen molar-refractivity contribution < 1.29 is 13.9 Å². The number of hydrogen-bond donors (Lipinski definition) is 0. The van der Waals surface area contributed by atoms with Crippen LogP contribution >= 0.6 is 11.6 Å². The molecular formula is C21H19ClFN5O2. The van der Waals surface area contributed by atoms with Gasteiger partial charge in [-0.2, -0.15) is 5.26 Å². The molecular weight excluding hydrogens is 409 g/mol. The van der Waals surface area contributed by atoms with E-state index in [1.165, 1.54) is 6.20 Å². The van der Waals surface area contributed by atoms with Crippen LogP contribution in [0.25, 0.3) is 0 Å². The first kappa shape index (κ1) is 19.1. The van der Waals surface area contributed by atoms with E-state index in [1.54, 1.807) is 23.4 Å². The maximum atomic E-state index is 15.8. The molecule has 5 rings (SSSR count). The molecule has 9 heteroatoms. The Balaban J connectivity index is 1.35. The zero-order valence-electron chi connectivity index (χ0n) is 16.1. The maximum absolute atomic E-state index is 15.8. The van der Waals surface area contributed by atoms with Gasteiger partial charge in [0.1, 0.15) is 28.6 Å². The average molecular weight is 428 g/mol. The van der Waals surface area contributed by atoms with E-state index in [-0.39, 0.29) is 25.0 Å². The largest absolute Gasteiger partial charge is 0.487 e. The third kappa shape index (κ3) is 3.05. The van der Waals surface area contributed by atoms with E-state index in [9.17, 15) is 10.1 Å². The normalized spacial score (nSPS) is 24.0. The first-order valence-corrected chi connectivity index (χ1v) is 10.3. The number of ether oxygens (including phenoxy) is 1. The number of likely N-dealkylation sites (tertiary alicyclic amines) is 1. The fourth-order valence-corrected chi connectivity index (χ4v) is 4.83. The quantitative estimate of drug-likeness (QED) is 0.685. The molecule has 0 aliphatic carbocycles. The third-order valence-electron chi connectivity index (χ3n) is 6.23. The maximum Gasteiger partial charge on any atom is 0.261 e. The molecule has 5 heterocycles. The molecule has 7 nitrogen and oxygen atoms in total. The Kier molecular flexibility index (Phi) is 4.51. The van der Waals surface area contributed by atoms with Gasteiger partial charge in [-0.3, -0.25) is 9.78 Å². The van der Waals surface area contributed by atoms with Gasteiger partial charge in [-0.15, -0.1) is 0 Å². The van der Waals surface area contributed by atoms with Gasteiger partial charge in [-0.25, -0.2) is 9.37 Å². The minimum Gasteiger partial charge on any atom is -0.487 e. The Hall–Kier alpha value is -2.92. The molecule has 2 saturated heterocycles. The van der Waals surface area contributed by atoms with Gasteiger partial charge in [-0.05, 0) is 12.1 Å². The molecule has 154 valence electrons. The number of carbonyl (C=O) groups is 1. The number of alkyl halides is 1. The number of amides is 1. The Morgan fingerprint density at radius 1 is 1.37 bits per heavy atom. The molecule has 1 amide bonds. The lowest BCUT2D eigenvalue weighted by molar-refractivity contribution is -0.146. The lowest BCUT2D eigenvalue weighted by atomic mass is 9.90. The number of carbonyl (C=O) groups excluding carboxylic acids is 1. The van der Waals surface area contributed by atoms with E-state index in [0.717, 1.165) is 5.69 Å². The van der Waals surface area contributed by atoms with Crippen molar-refractivity contribution in [2.24, 2.45) is 0 Å². The van der Waals surface area contributed by atoms with E-state index in [0.29, 0.717) is 48.1 Å². The lowest BCUT2D eigenvalue weighted by Crippen LogP contribution is -2.52. The van der Waals surface area contributed by atoms with Crippen LogP contribution in [0.2, 0.25) is 5.15 Å². The van der Waals surface area contributed by atoms with Gasteiger partial charge in [0.25, 0.3) is 5.91 Å². The molecule has 2 aromatic rings. The Labute approximate surface area is 178 Å². The molecule has 2 aromatic heterocycles. The van der Waals surface area contributed by atoms with Crippen LogP contribution in [0.5, 0.6) is 5.75 Å². The second-order valence-corrected chi connectivity index (χ2v) is 8.34. The average Bonchev–Trinajstić information content (AvgIpc) is 3.10. The summed E-state index contributed by atoms with van der Waals surface area (Å²) in [6.45, 7) is 1.15. The van der Waals surface area contributed by atoms with E-state index in [4.69, 9.17) is 16.3 Å². The highest BCUT2D eigenvalue weighted by atomic mass is 35.5. The molecule has 0 spiro atoms. The summed E-state index contributed by atoms with van der Waals surface area (Å²) in [5, 5.41) is 9.70. The summed E-state index contributed by atoms with van der Waals surface area (Å²) in [5.41, 5.74) is -0.0241. The Morgan fingerprint density at radius 3 is 2.90 bits per heavy atom. The number of nitrogens with zero attached hydrogens (tertiary/aromatic N) is 5. The number of rotatable bonds is 2. The Morgan fingerprint density at radius 2 is 2.17 bits per heavy atom. The monoisotopic (exact) mass is 427 g/mol. The molecule has 3 aliphatic heterocycles. The zero-order valence-corrected chi connectivity index (χ0v) is 16.8. The summed E-state index contributed by atoms with van der Waals surface area (Å²) < 4.78 is 21.7. The highest BCUT2D eigenvalue weighted by Crippen LogP contribution is 2.46. The van der Waals surface area contributed by atoms with Crippen molar-refractivity contribution >= 4 is 23.2 Å². The predicted octanol–water partition coefficient (Wildman–Crippen LogP) is 3.04. The molecule has 0 radical (unpaired) electrons. The number of aromatic nitrogens is 2. The molecule has 30 heavy (non-hydrogen) atoms. The van der Waals surface area contributed by atoms with Gasteiger partial charge >= 0.3 is 0 Å². The van der Waals surface area contributed by atoms with Crippen molar-refractivity contribution in [1.82, 2.24) is 14.9 Å². The van der Waals surface area contributed by atoms with Crippen molar-refractivity contribution in [3.63, 3.8) is 0 Å². The number of piperidine rings is 1. The van der Waals surface area contributed by atoms with E-state index < -0.39 is 11.6 Å². The minimum absolute atomic E-state index is 0.101. The van der Waals surface area contributed by atoms with Crippen molar-refractivity contribution in [3.8, 4) is 11.8 Å². The first-order chi connectivity index (χ1) is 14.5. The number of pyridine rings is 2. The number of halogens is 2.